The zero-order chi connectivity index (χ0) is 24.2. The van der Waals surface area contributed by atoms with Crippen molar-refractivity contribution in [2.75, 3.05) is 5.32 Å². The van der Waals surface area contributed by atoms with Crippen molar-refractivity contribution < 1.29 is 23.1 Å². The maximum absolute atomic E-state index is 13.4. The molecule has 0 radical (unpaired) electrons. The van der Waals surface area contributed by atoms with Gasteiger partial charge in [0.2, 0.25) is 0 Å². The van der Waals surface area contributed by atoms with Crippen molar-refractivity contribution in [1.82, 2.24) is 0 Å². The summed E-state index contributed by atoms with van der Waals surface area (Å²) >= 11 is 0. The van der Waals surface area contributed by atoms with Crippen molar-refractivity contribution in [3.63, 3.8) is 0 Å². The highest BCUT2D eigenvalue weighted by molar-refractivity contribution is 6.15. The number of nitrogens with one attached hydrogen (secondary N) is 1. The molecule has 0 saturated heterocycles. The van der Waals surface area contributed by atoms with Gasteiger partial charge in [0.25, 0.3) is 5.91 Å². The molecule has 3 aromatic carbocycles. The molecule has 172 valence electrons. The van der Waals surface area contributed by atoms with Gasteiger partial charge in [0.15, 0.2) is 11.5 Å². The predicted octanol–water partition coefficient (Wildman–Crippen LogP) is 6.63. The summed E-state index contributed by atoms with van der Waals surface area (Å²) in [5.74, 6) is -0.275. The fraction of sp³-hybridized carbons (Fsp3) is 0.214. The van der Waals surface area contributed by atoms with Gasteiger partial charge in [-0.15, -0.1) is 0 Å². The van der Waals surface area contributed by atoms with Crippen LogP contribution in [0.25, 0.3) is 11.0 Å². The zero-order valence-electron chi connectivity index (χ0n) is 19.4. The Hall–Kier alpha value is -3.93. The molecule has 34 heavy (non-hydrogen) atoms. The monoisotopic (exact) mass is 457 g/mol. The summed E-state index contributed by atoms with van der Waals surface area (Å²) in [5.41, 5.74) is 3.90. The molecule has 0 saturated carbocycles. The number of ether oxygens (including phenoxy) is 1. The molecular formula is C28H24FNO4. The molecule has 6 heteroatoms. The summed E-state index contributed by atoms with van der Waals surface area (Å²) < 4.78 is 25.6. The number of carbonyl (C=O) groups excluding carboxylic acids is 2. The van der Waals surface area contributed by atoms with Gasteiger partial charge in [0, 0.05) is 16.6 Å². The maximum atomic E-state index is 13.4. The number of rotatable bonds is 3. The van der Waals surface area contributed by atoms with Crippen molar-refractivity contribution in [1.29, 1.82) is 0 Å². The average molecular weight is 458 g/mol. The van der Waals surface area contributed by atoms with Gasteiger partial charge in [-0.25, -0.2) is 4.39 Å². The van der Waals surface area contributed by atoms with Crippen LogP contribution >= 0.6 is 0 Å². The summed E-state index contributed by atoms with van der Waals surface area (Å²) in [6.07, 6.45) is 0.0827. The van der Waals surface area contributed by atoms with E-state index in [0.717, 1.165) is 11.1 Å². The first-order valence-corrected chi connectivity index (χ1v) is 11.1. The van der Waals surface area contributed by atoms with E-state index in [-0.39, 0.29) is 29.7 Å². The predicted molar refractivity (Wildman–Crippen MR) is 128 cm³/mol. The lowest BCUT2D eigenvalue weighted by Crippen LogP contribution is -2.36. The lowest BCUT2D eigenvalue weighted by atomic mass is 9.84. The molecule has 0 bridgehead atoms. The molecule has 1 atom stereocenters. The Balaban J connectivity index is 1.54. The lowest BCUT2D eigenvalue weighted by Gasteiger charge is -2.35. The Bertz CT molecular complexity index is 1470. The van der Waals surface area contributed by atoms with Crippen LogP contribution in [-0.4, -0.2) is 11.7 Å². The molecule has 1 aliphatic rings. The molecule has 5 nitrogen and oxygen atoms in total. The zero-order valence-corrected chi connectivity index (χ0v) is 19.4. The van der Waals surface area contributed by atoms with Gasteiger partial charge in [-0.1, -0.05) is 24.3 Å². The first-order valence-electron chi connectivity index (χ1n) is 11.1. The van der Waals surface area contributed by atoms with Crippen LogP contribution < -0.4 is 10.1 Å². The molecular weight excluding hydrogens is 433 g/mol. The third-order valence-electron chi connectivity index (χ3n) is 6.47. The van der Waals surface area contributed by atoms with E-state index < -0.39 is 5.60 Å². The van der Waals surface area contributed by atoms with E-state index in [1.807, 2.05) is 39.0 Å². The number of Topliss-reactive ketones (excluding diaryl/α,β-unsaturated/α-hetero) is 1. The quantitative estimate of drug-likeness (QED) is 0.375. The molecule has 1 aliphatic heterocycles. The average Bonchev–Trinajstić information content (AvgIpc) is 3.13. The van der Waals surface area contributed by atoms with Crippen molar-refractivity contribution in [3.05, 3.63) is 94.0 Å². The second-order valence-electron chi connectivity index (χ2n) is 9.08. The number of fused-ring (bicyclic) bond motifs is 3. The van der Waals surface area contributed by atoms with Gasteiger partial charge in [0.05, 0.1) is 12.0 Å². The highest BCUT2D eigenvalue weighted by atomic mass is 19.1. The highest BCUT2D eigenvalue weighted by Gasteiger charge is 2.40. The highest BCUT2D eigenvalue weighted by Crippen LogP contribution is 2.44. The van der Waals surface area contributed by atoms with E-state index >= 15 is 0 Å². The minimum atomic E-state index is -0.925. The second kappa shape index (κ2) is 7.83. The van der Waals surface area contributed by atoms with Gasteiger partial charge in [-0.05, 0) is 74.7 Å². The summed E-state index contributed by atoms with van der Waals surface area (Å²) in [5, 5.41) is 3.50. The standard InChI is InChI=1S/C28H24FNO4/c1-15-5-6-16(2)20(13-15)30-27(32)26-17(3)24-22(33-26)11-12-23-25(24)21(31)14-28(4,34-23)18-7-9-19(29)10-8-18/h5-13H,14H2,1-4H3,(H,30,32)/t28-/m0/s1. The number of hydrogen-bond acceptors (Lipinski definition) is 4. The van der Waals surface area contributed by atoms with E-state index in [9.17, 15) is 14.0 Å². The molecule has 4 aromatic rings. The third-order valence-corrected chi connectivity index (χ3v) is 6.47. The molecule has 5 rings (SSSR count). The maximum Gasteiger partial charge on any atom is 0.291 e. The number of amides is 1. The van der Waals surface area contributed by atoms with Crippen LogP contribution in [0.2, 0.25) is 0 Å². The number of anilines is 1. The lowest BCUT2D eigenvalue weighted by molar-refractivity contribution is 0.0507. The van der Waals surface area contributed by atoms with Gasteiger partial charge >= 0.3 is 0 Å². The number of halogens is 1. The molecule has 1 aromatic heterocycles. The molecule has 1 N–H and O–H groups in total. The molecule has 2 heterocycles. The summed E-state index contributed by atoms with van der Waals surface area (Å²) in [6.45, 7) is 7.46. The Morgan fingerprint density at radius 2 is 1.76 bits per heavy atom. The summed E-state index contributed by atoms with van der Waals surface area (Å²) in [4.78, 5) is 26.4. The van der Waals surface area contributed by atoms with Gasteiger partial charge in [-0.3, -0.25) is 9.59 Å². The van der Waals surface area contributed by atoms with E-state index in [4.69, 9.17) is 9.15 Å². The fourth-order valence-electron chi connectivity index (χ4n) is 4.59. The van der Waals surface area contributed by atoms with Crippen LogP contribution in [0.3, 0.4) is 0 Å². The van der Waals surface area contributed by atoms with E-state index in [1.165, 1.54) is 12.1 Å². The number of furan rings is 1. The molecule has 0 spiro atoms. The van der Waals surface area contributed by atoms with E-state index in [2.05, 4.69) is 5.32 Å². The minimum absolute atomic E-state index is 0.0827. The van der Waals surface area contributed by atoms with Gasteiger partial charge in [0.1, 0.15) is 22.8 Å². The normalized spacial score (nSPS) is 17.4. The molecule has 0 aliphatic carbocycles. The number of carbonyl (C=O) groups is 2. The van der Waals surface area contributed by atoms with Crippen molar-refractivity contribution in [3.8, 4) is 5.75 Å². The van der Waals surface area contributed by atoms with Crippen LogP contribution in [-0.2, 0) is 5.60 Å². The smallest absolute Gasteiger partial charge is 0.291 e. The molecule has 1 amide bonds. The molecule has 0 fully saturated rings. The van der Waals surface area contributed by atoms with Gasteiger partial charge < -0.3 is 14.5 Å². The topological polar surface area (TPSA) is 68.5 Å². The first-order chi connectivity index (χ1) is 16.2. The Morgan fingerprint density at radius 3 is 2.50 bits per heavy atom. The summed E-state index contributed by atoms with van der Waals surface area (Å²) in [7, 11) is 0. The first kappa shape index (κ1) is 21.9. The molecule has 0 unspecified atom stereocenters. The number of aryl methyl sites for hydroxylation is 3. The SMILES string of the molecule is Cc1ccc(C)c(NC(=O)c2oc3ccc4c(c3c2C)C(=O)C[C@@](C)(c2ccc(F)cc2)O4)c1. The van der Waals surface area contributed by atoms with Crippen LogP contribution in [0.5, 0.6) is 5.75 Å². The van der Waals surface area contributed by atoms with E-state index in [1.54, 1.807) is 31.2 Å². The van der Waals surface area contributed by atoms with Crippen molar-refractivity contribution in [2.24, 2.45) is 0 Å². The third kappa shape index (κ3) is 3.55. The second-order valence-corrected chi connectivity index (χ2v) is 9.08. The van der Waals surface area contributed by atoms with Crippen molar-refractivity contribution >= 4 is 28.3 Å². The van der Waals surface area contributed by atoms with Crippen LogP contribution in [0.15, 0.2) is 59.0 Å². The van der Waals surface area contributed by atoms with E-state index in [0.29, 0.717) is 39.1 Å². The Labute approximate surface area is 196 Å². The number of benzene rings is 3. The van der Waals surface area contributed by atoms with Crippen LogP contribution in [0.4, 0.5) is 10.1 Å². The van der Waals surface area contributed by atoms with Gasteiger partial charge in [-0.2, -0.15) is 0 Å². The Kier molecular flexibility index (Phi) is 5.04. The van der Waals surface area contributed by atoms with Crippen LogP contribution in [0.1, 0.15) is 56.5 Å². The number of hydrogen-bond donors (Lipinski definition) is 1. The minimum Gasteiger partial charge on any atom is -0.482 e. The largest absolute Gasteiger partial charge is 0.482 e. The van der Waals surface area contributed by atoms with Crippen LogP contribution in [0, 0.1) is 26.6 Å². The van der Waals surface area contributed by atoms with Crippen molar-refractivity contribution in [2.45, 2.75) is 39.7 Å². The number of ketones is 1. The fourth-order valence-corrected chi connectivity index (χ4v) is 4.59. The summed E-state index contributed by atoms with van der Waals surface area (Å²) in [6, 6.07) is 15.2. The Morgan fingerprint density at radius 1 is 1.03 bits per heavy atom.